The van der Waals surface area contributed by atoms with E-state index in [1.807, 2.05) is 6.92 Å². The lowest BCUT2D eigenvalue weighted by Crippen LogP contribution is -2.63. The van der Waals surface area contributed by atoms with Crippen molar-refractivity contribution in [3.8, 4) is 5.88 Å². The van der Waals surface area contributed by atoms with E-state index in [4.69, 9.17) is 9.47 Å². The SMILES string of the molecule is C[C@@H]1CN(CC(=O)N2c3cc(Cc4ccc(F)cc4)c(=O)[nH]c3OC[C@@H]2C)[C@@H](CN2[C@H](C)COC[C@H]2C)CN1. The number of piperazine rings is 1. The number of morpholine rings is 1. The van der Waals surface area contributed by atoms with Gasteiger partial charge >= 0.3 is 0 Å². The molecule has 2 N–H and O–H groups in total. The molecule has 0 spiro atoms. The number of amides is 1. The Kier molecular flexibility index (Phi) is 8.37. The van der Waals surface area contributed by atoms with Crippen molar-refractivity contribution in [2.45, 2.75) is 64.3 Å². The summed E-state index contributed by atoms with van der Waals surface area (Å²) >= 11 is 0. The number of nitrogens with zero attached hydrogens (tertiary/aromatic N) is 3. The van der Waals surface area contributed by atoms with E-state index in [0.717, 1.165) is 38.4 Å². The zero-order valence-electron chi connectivity index (χ0n) is 23.3. The van der Waals surface area contributed by atoms with Crippen molar-refractivity contribution in [1.82, 2.24) is 20.1 Å². The van der Waals surface area contributed by atoms with E-state index in [2.05, 4.69) is 40.9 Å². The van der Waals surface area contributed by atoms with E-state index in [1.54, 1.807) is 23.1 Å². The molecule has 1 amide bonds. The van der Waals surface area contributed by atoms with E-state index in [0.29, 0.717) is 42.2 Å². The van der Waals surface area contributed by atoms with Crippen molar-refractivity contribution in [2.75, 3.05) is 50.9 Å². The molecule has 0 saturated carbocycles. The van der Waals surface area contributed by atoms with Gasteiger partial charge in [-0.15, -0.1) is 0 Å². The molecule has 2 aromatic rings. The molecule has 2 fully saturated rings. The molecular formula is C29H40FN5O4. The van der Waals surface area contributed by atoms with Gasteiger partial charge < -0.3 is 19.7 Å². The van der Waals surface area contributed by atoms with Crippen molar-refractivity contribution in [3.05, 3.63) is 57.6 Å². The molecule has 1 aromatic heterocycles. The summed E-state index contributed by atoms with van der Waals surface area (Å²) in [6.45, 7) is 13.0. The Morgan fingerprint density at radius 3 is 2.49 bits per heavy atom. The predicted octanol–water partition coefficient (Wildman–Crippen LogP) is 1.99. The molecule has 3 aliphatic heterocycles. The fourth-order valence-corrected chi connectivity index (χ4v) is 5.98. The number of H-pyrrole nitrogens is 1. The van der Waals surface area contributed by atoms with Crippen LogP contribution in [-0.2, 0) is 16.0 Å². The van der Waals surface area contributed by atoms with E-state index >= 15 is 0 Å². The van der Waals surface area contributed by atoms with Crippen LogP contribution in [0, 0.1) is 5.82 Å². The van der Waals surface area contributed by atoms with Crippen molar-refractivity contribution >= 4 is 11.6 Å². The van der Waals surface area contributed by atoms with E-state index < -0.39 is 0 Å². The van der Waals surface area contributed by atoms with Gasteiger partial charge in [-0.1, -0.05) is 12.1 Å². The maximum Gasteiger partial charge on any atom is 0.254 e. The van der Waals surface area contributed by atoms with Crippen LogP contribution >= 0.6 is 0 Å². The van der Waals surface area contributed by atoms with Gasteiger partial charge in [0, 0.05) is 55.8 Å². The molecule has 212 valence electrons. The highest BCUT2D eigenvalue weighted by molar-refractivity contribution is 5.97. The fourth-order valence-electron chi connectivity index (χ4n) is 5.98. The van der Waals surface area contributed by atoms with Gasteiger partial charge in [-0.05, 0) is 51.5 Å². The minimum atomic E-state index is -0.324. The highest BCUT2D eigenvalue weighted by Gasteiger charge is 2.36. The zero-order valence-corrected chi connectivity index (χ0v) is 23.3. The Morgan fingerprint density at radius 1 is 1.05 bits per heavy atom. The van der Waals surface area contributed by atoms with Crippen LogP contribution in [0.5, 0.6) is 5.88 Å². The number of carbonyl (C=O) groups excluding carboxylic acids is 1. The number of hydrogen-bond donors (Lipinski definition) is 2. The Morgan fingerprint density at radius 2 is 1.77 bits per heavy atom. The third-order valence-electron chi connectivity index (χ3n) is 8.15. The number of rotatable bonds is 6. The molecule has 0 unspecified atom stereocenters. The first-order valence-corrected chi connectivity index (χ1v) is 14.0. The van der Waals surface area contributed by atoms with E-state index in [-0.39, 0.29) is 42.0 Å². The smallest absolute Gasteiger partial charge is 0.254 e. The number of fused-ring (bicyclic) bond motifs is 1. The van der Waals surface area contributed by atoms with Crippen LogP contribution in [0.1, 0.15) is 38.8 Å². The van der Waals surface area contributed by atoms with Crippen LogP contribution in [0.3, 0.4) is 0 Å². The van der Waals surface area contributed by atoms with Crippen molar-refractivity contribution in [2.24, 2.45) is 0 Å². The first-order chi connectivity index (χ1) is 18.7. The fraction of sp³-hybridized carbons (Fsp3) is 0.586. The van der Waals surface area contributed by atoms with Gasteiger partial charge in [0.15, 0.2) is 0 Å². The summed E-state index contributed by atoms with van der Waals surface area (Å²) in [7, 11) is 0. The van der Waals surface area contributed by atoms with E-state index in [9.17, 15) is 14.0 Å². The lowest BCUT2D eigenvalue weighted by Gasteiger charge is -2.46. The minimum Gasteiger partial charge on any atom is -0.475 e. The molecule has 9 nitrogen and oxygen atoms in total. The number of pyridine rings is 1. The van der Waals surface area contributed by atoms with Gasteiger partial charge in [0.05, 0.1) is 25.8 Å². The Hall–Kier alpha value is -2.79. The zero-order chi connectivity index (χ0) is 27.7. The third-order valence-corrected chi connectivity index (χ3v) is 8.15. The average molecular weight is 542 g/mol. The number of aromatic nitrogens is 1. The largest absolute Gasteiger partial charge is 0.475 e. The van der Waals surface area contributed by atoms with Crippen LogP contribution in [0.4, 0.5) is 10.1 Å². The predicted molar refractivity (Wildman–Crippen MR) is 148 cm³/mol. The van der Waals surface area contributed by atoms with E-state index in [1.165, 1.54) is 12.1 Å². The van der Waals surface area contributed by atoms with Crippen LogP contribution in [0.25, 0.3) is 0 Å². The molecule has 10 heteroatoms. The second kappa shape index (κ2) is 11.8. The molecule has 3 aliphatic rings. The molecule has 39 heavy (non-hydrogen) atoms. The Labute approximate surface area is 229 Å². The molecule has 2 saturated heterocycles. The lowest BCUT2D eigenvalue weighted by molar-refractivity contribution is -0.122. The number of aromatic amines is 1. The summed E-state index contributed by atoms with van der Waals surface area (Å²) in [6.07, 6.45) is 0.326. The molecule has 0 bridgehead atoms. The van der Waals surface area contributed by atoms with Crippen molar-refractivity contribution in [3.63, 3.8) is 0 Å². The summed E-state index contributed by atoms with van der Waals surface area (Å²) in [5.41, 5.74) is 1.61. The number of hydrogen-bond acceptors (Lipinski definition) is 7. The number of anilines is 1. The normalized spacial score (nSPS) is 28.1. The van der Waals surface area contributed by atoms with Crippen LogP contribution < -0.4 is 20.5 Å². The van der Waals surface area contributed by atoms with Crippen LogP contribution in [0.2, 0.25) is 0 Å². The van der Waals surface area contributed by atoms with Gasteiger partial charge in [0.1, 0.15) is 18.1 Å². The number of halogens is 1. The molecule has 5 rings (SSSR count). The van der Waals surface area contributed by atoms with Crippen LogP contribution in [0.15, 0.2) is 35.1 Å². The molecular weight excluding hydrogens is 501 g/mol. The quantitative estimate of drug-likeness (QED) is 0.578. The monoisotopic (exact) mass is 541 g/mol. The molecule has 1 aromatic carbocycles. The number of nitrogens with one attached hydrogen (secondary N) is 2. The first kappa shape index (κ1) is 27.8. The van der Waals surface area contributed by atoms with Gasteiger partial charge in [0.25, 0.3) is 5.56 Å². The molecule has 0 aliphatic carbocycles. The number of ether oxygens (including phenoxy) is 2. The highest BCUT2D eigenvalue weighted by Crippen LogP contribution is 2.32. The van der Waals surface area contributed by atoms with Gasteiger partial charge in [-0.2, -0.15) is 0 Å². The summed E-state index contributed by atoms with van der Waals surface area (Å²) < 4.78 is 24.9. The lowest BCUT2D eigenvalue weighted by atomic mass is 10.0. The van der Waals surface area contributed by atoms with Crippen molar-refractivity contribution in [1.29, 1.82) is 0 Å². The highest BCUT2D eigenvalue weighted by atomic mass is 19.1. The van der Waals surface area contributed by atoms with Gasteiger partial charge in [0.2, 0.25) is 11.8 Å². The minimum absolute atomic E-state index is 0.0194. The van der Waals surface area contributed by atoms with Crippen LogP contribution in [-0.4, -0.2) is 96.9 Å². The summed E-state index contributed by atoms with van der Waals surface area (Å²) in [5, 5.41) is 3.59. The Balaban J connectivity index is 1.36. The van der Waals surface area contributed by atoms with Gasteiger partial charge in [-0.25, -0.2) is 4.39 Å². The third kappa shape index (κ3) is 6.19. The van der Waals surface area contributed by atoms with Gasteiger partial charge in [-0.3, -0.25) is 24.4 Å². The first-order valence-electron chi connectivity index (χ1n) is 14.0. The second-order valence-corrected chi connectivity index (χ2v) is 11.4. The summed E-state index contributed by atoms with van der Waals surface area (Å²) in [4.78, 5) is 36.1. The topological polar surface area (TPSA) is 90.1 Å². The molecule has 4 heterocycles. The number of benzene rings is 1. The Bertz CT molecular complexity index is 1210. The maximum atomic E-state index is 13.9. The standard InChI is InChI=1S/C29H40FN5O4/c1-18-12-33(25(11-31-18)13-34-19(2)15-38-16-20(34)3)14-27(36)35-21(4)17-39-29-26(35)10-23(28(37)32-29)9-22-5-7-24(30)8-6-22/h5-8,10,18-21,25,31H,9,11-17H2,1-4H3,(H,32,37)/t18-,19-,20-,21+,25-/m1/s1. The average Bonchev–Trinajstić information content (AvgIpc) is 2.89. The maximum absolute atomic E-state index is 13.9. The molecule has 5 atom stereocenters. The molecule has 0 radical (unpaired) electrons. The van der Waals surface area contributed by atoms with Crippen molar-refractivity contribution < 1.29 is 18.7 Å². The number of carbonyl (C=O) groups is 1. The second-order valence-electron chi connectivity index (χ2n) is 11.4. The summed E-state index contributed by atoms with van der Waals surface area (Å²) in [6, 6.07) is 8.78. The summed E-state index contributed by atoms with van der Waals surface area (Å²) in [5.74, 6) is -0.0281.